The van der Waals surface area contributed by atoms with E-state index in [1.807, 2.05) is 0 Å². The van der Waals surface area contributed by atoms with E-state index in [0.29, 0.717) is 5.92 Å². The van der Waals surface area contributed by atoms with E-state index in [9.17, 15) is 0 Å². The van der Waals surface area contributed by atoms with Gasteiger partial charge in [-0.25, -0.2) is 0 Å². The summed E-state index contributed by atoms with van der Waals surface area (Å²) in [5.41, 5.74) is 5.34. The van der Waals surface area contributed by atoms with Crippen LogP contribution < -0.4 is 11.3 Å². The van der Waals surface area contributed by atoms with E-state index < -0.39 is 0 Å². The van der Waals surface area contributed by atoms with Gasteiger partial charge in [0.2, 0.25) is 0 Å². The third kappa shape index (κ3) is 3.05. The van der Waals surface area contributed by atoms with Gasteiger partial charge in [0, 0.05) is 5.92 Å². The van der Waals surface area contributed by atoms with Crippen molar-refractivity contribution in [2.24, 2.45) is 11.8 Å². The van der Waals surface area contributed by atoms with Crippen molar-refractivity contribution in [3.05, 3.63) is 35.4 Å². The first-order valence-electron chi connectivity index (χ1n) is 7.54. The fraction of sp³-hybridized carbons (Fsp3) is 0.647. The smallest absolute Gasteiger partial charge is 0.0681 e. The number of ether oxygens (including phenoxy) is 1. The molecule has 20 heavy (non-hydrogen) atoms. The Balaban J connectivity index is 2.27. The summed E-state index contributed by atoms with van der Waals surface area (Å²) in [6.07, 6.45) is 2.07. The predicted octanol–water partition coefficient (Wildman–Crippen LogP) is 3.35. The predicted molar refractivity (Wildman–Crippen MR) is 83.2 cm³/mol. The number of rotatable bonds is 4. The molecule has 0 saturated carbocycles. The number of hydrazine groups is 1. The molecule has 0 bridgehead atoms. The van der Waals surface area contributed by atoms with Gasteiger partial charge in [-0.15, -0.1) is 0 Å². The van der Waals surface area contributed by atoms with E-state index in [1.165, 1.54) is 11.1 Å². The molecule has 3 N–H and O–H groups in total. The van der Waals surface area contributed by atoms with Crippen LogP contribution in [0, 0.1) is 5.92 Å². The van der Waals surface area contributed by atoms with Gasteiger partial charge in [-0.2, -0.15) is 0 Å². The summed E-state index contributed by atoms with van der Waals surface area (Å²) in [4.78, 5) is 0. The minimum atomic E-state index is -0.177. The number of benzene rings is 1. The molecule has 0 radical (unpaired) electrons. The Bertz CT molecular complexity index is 451. The highest BCUT2D eigenvalue weighted by molar-refractivity contribution is 5.26. The lowest BCUT2D eigenvalue weighted by molar-refractivity contribution is -0.0779. The van der Waals surface area contributed by atoms with Crippen molar-refractivity contribution in [1.29, 1.82) is 0 Å². The molecule has 1 saturated heterocycles. The van der Waals surface area contributed by atoms with Crippen molar-refractivity contribution < 1.29 is 4.74 Å². The molecule has 1 fully saturated rings. The first-order valence-corrected chi connectivity index (χ1v) is 7.54. The Morgan fingerprint density at radius 3 is 2.25 bits per heavy atom. The zero-order chi connectivity index (χ0) is 15.0. The van der Waals surface area contributed by atoms with E-state index in [4.69, 9.17) is 10.6 Å². The Hall–Kier alpha value is -0.900. The highest BCUT2D eigenvalue weighted by Crippen LogP contribution is 2.47. The van der Waals surface area contributed by atoms with Crippen LogP contribution in [0.5, 0.6) is 0 Å². The Morgan fingerprint density at radius 2 is 1.85 bits per heavy atom. The number of nitrogens with two attached hydrogens (primary N) is 1. The second-order valence-electron chi connectivity index (χ2n) is 7.02. The zero-order valence-electron chi connectivity index (χ0n) is 13.4. The van der Waals surface area contributed by atoms with Gasteiger partial charge < -0.3 is 4.74 Å². The topological polar surface area (TPSA) is 47.3 Å². The van der Waals surface area contributed by atoms with Crippen LogP contribution in [0.3, 0.4) is 0 Å². The van der Waals surface area contributed by atoms with Gasteiger partial charge >= 0.3 is 0 Å². The number of aryl methyl sites for hydroxylation is 1. The molecule has 0 amide bonds. The summed E-state index contributed by atoms with van der Waals surface area (Å²) in [5.74, 6) is 6.22. The molecule has 3 heteroatoms. The van der Waals surface area contributed by atoms with Crippen molar-refractivity contribution >= 4 is 0 Å². The van der Waals surface area contributed by atoms with Gasteiger partial charge in [0.05, 0.1) is 17.2 Å². The third-order valence-electron chi connectivity index (χ3n) is 4.47. The van der Waals surface area contributed by atoms with Gasteiger partial charge in [0.1, 0.15) is 0 Å². The van der Waals surface area contributed by atoms with Crippen LogP contribution in [0.15, 0.2) is 24.3 Å². The van der Waals surface area contributed by atoms with Gasteiger partial charge in [-0.05, 0) is 51.7 Å². The maximum Gasteiger partial charge on any atom is 0.0681 e. The van der Waals surface area contributed by atoms with E-state index in [2.05, 4.69) is 64.3 Å². The monoisotopic (exact) mass is 276 g/mol. The van der Waals surface area contributed by atoms with Crippen molar-refractivity contribution in [2.45, 2.75) is 64.7 Å². The SMILES string of the molecule is CCc1ccc(C(NN)C2CC(C)(C)OC2(C)C)cc1. The van der Waals surface area contributed by atoms with Crippen LogP contribution in [0.25, 0.3) is 0 Å². The van der Waals surface area contributed by atoms with Crippen LogP contribution in [0.2, 0.25) is 0 Å². The fourth-order valence-corrected chi connectivity index (χ4v) is 3.53. The largest absolute Gasteiger partial charge is 0.369 e. The molecule has 0 aliphatic carbocycles. The summed E-state index contributed by atoms with van der Waals surface area (Å²) in [7, 11) is 0. The Kier molecular flexibility index (Phi) is 4.24. The second-order valence-corrected chi connectivity index (χ2v) is 7.02. The Morgan fingerprint density at radius 1 is 1.25 bits per heavy atom. The minimum Gasteiger partial charge on any atom is -0.369 e. The Labute approximate surface area is 122 Å². The normalized spacial score (nSPS) is 25.6. The summed E-state index contributed by atoms with van der Waals surface area (Å²) in [6.45, 7) is 10.8. The maximum absolute atomic E-state index is 6.20. The number of hydrogen-bond donors (Lipinski definition) is 2. The van der Waals surface area contributed by atoms with Gasteiger partial charge in [0.15, 0.2) is 0 Å². The highest BCUT2D eigenvalue weighted by Gasteiger charge is 2.49. The van der Waals surface area contributed by atoms with Crippen molar-refractivity contribution in [2.75, 3.05) is 0 Å². The molecule has 2 rings (SSSR count). The van der Waals surface area contributed by atoms with Gasteiger partial charge in [-0.1, -0.05) is 31.2 Å². The van der Waals surface area contributed by atoms with Crippen LogP contribution in [0.4, 0.5) is 0 Å². The fourth-order valence-electron chi connectivity index (χ4n) is 3.53. The first kappa shape index (κ1) is 15.5. The lowest BCUT2D eigenvalue weighted by Crippen LogP contribution is -2.41. The molecular weight excluding hydrogens is 248 g/mol. The van der Waals surface area contributed by atoms with E-state index >= 15 is 0 Å². The van der Waals surface area contributed by atoms with Gasteiger partial charge in [-0.3, -0.25) is 11.3 Å². The van der Waals surface area contributed by atoms with Crippen molar-refractivity contribution in [1.82, 2.24) is 5.43 Å². The molecule has 1 aliphatic rings. The van der Waals surface area contributed by atoms with E-state index in [-0.39, 0.29) is 17.2 Å². The lowest BCUT2D eigenvalue weighted by Gasteiger charge is -2.33. The second kappa shape index (κ2) is 5.47. The molecule has 3 nitrogen and oxygen atoms in total. The molecule has 1 aliphatic heterocycles. The van der Waals surface area contributed by atoms with Crippen LogP contribution in [0.1, 0.15) is 58.2 Å². The molecule has 1 heterocycles. The first-order chi connectivity index (χ1) is 9.29. The maximum atomic E-state index is 6.20. The molecule has 0 spiro atoms. The average Bonchev–Trinajstić information content (AvgIpc) is 2.59. The minimum absolute atomic E-state index is 0.0906. The van der Waals surface area contributed by atoms with Crippen molar-refractivity contribution in [3.63, 3.8) is 0 Å². The molecule has 112 valence electrons. The van der Waals surface area contributed by atoms with E-state index in [0.717, 1.165) is 12.8 Å². The molecule has 2 atom stereocenters. The molecular formula is C17H28N2O. The molecule has 2 unspecified atom stereocenters. The summed E-state index contributed by atoms with van der Waals surface area (Å²) in [5, 5.41) is 0. The lowest BCUT2D eigenvalue weighted by atomic mass is 9.79. The number of hydrogen-bond acceptors (Lipinski definition) is 3. The van der Waals surface area contributed by atoms with E-state index in [1.54, 1.807) is 0 Å². The van der Waals surface area contributed by atoms with Gasteiger partial charge in [0.25, 0.3) is 0 Å². The summed E-state index contributed by atoms with van der Waals surface area (Å²) in [6, 6.07) is 8.87. The van der Waals surface area contributed by atoms with Crippen LogP contribution in [-0.4, -0.2) is 11.2 Å². The summed E-state index contributed by atoms with van der Waals surface area (Å²) >= 11 is 0. The third-order valence-corrected chi connectivity index (χ3v) is 4.47. The summed E-state index contributed by atoms with van der Waals surface area (Å²) < 4.78 is 6.20. The zero-order valence-corrected chi connectivity index (χ0v) is 13.4. The van der Waals surface area contributed by atoms with Crippen LogP contribution in [-0.2, 0) is 11.2 Å². The highest BCUT2D eigenvalue weighted by atomic mass is 16.5. The number of nitrogens with one attached hydrogen (secondary N) is 1. The molecule has 1 aromatic carbocycles. The standard InChI is InChI=1S/C17H28N2O/c1-6-12-7-9-13(10-8-12)15(19-18)14-11-16(2,3)20-17(14,4)5/h7-10,14-15,19H,6,11,18H2,1-5H3. The van der Waals surface area contributed by atoms with Crippen LogP contribution >= 0.6 is 0 Å². The molecule has 0 aromatic heterocycles. The molecule has 1 aromatic rings. The quantitative estimate of drug-likeness (QED) is 0.655. The van der Waals surface area contributed by atoms with Crippen molar-refractivity contribution in [3.8, 4) is 0 Å². The average molecular weight is 276 g/mol.